The molecule has 11 nitrogen and oxygen atoms in total. The van der Waals surface area contributed by atoms with Crippen LogP contribution < -0.4 is 10.5 Å². The number of aliphatic carboxylic acids is 1. The lowest BCUT2D eigenvalue weighted by Gasteiger charge is -2.31. The van der Waals surface area contributed by atoms with Crippen LogP contribution in [-0.4, -0.2) is 61.0 Å². The number of nitrogens with zero attached hydrogens (tertiary/aromatic N) is 3. The van der Waals surface area contributed by atoms with Crippen molar-refractivity contribution >= 4 is 44.4 Å². The minimum atomic E-state index is -3.61. The summed E-state index contributed by atoms with van der Waals surface area (Å²) in [5.74, 6) is 0.0915. The van der Waals surface area contributed by atoms with E-state index < -0.39 is 27.6 Å². The Morgan fingerprint density at radius 2 is 1.78 bits per heavy atom. The monoisotopic (exact) mass is 536 g/mol. The summed E-state index contributed by atoms with van der Waals surface area (Å²) >= 11 is -0.750. The Morgan fingerprint density at radius 3 is 2.33 bits per heavy atom. The van der Waals surface area contributed by atoms with Gasteiger partial charge in [0.2, 0.25) is 10.0 Å². The van der Waals surface area contributed by atoms with Gasteiger partial charge in [-0.05, 0) is 74.6 Å². The van der Waals surface area contributed by atoms with Gasteiger partial charge in [0.05, 0.1) is 11.0 Å². The lowest BCUT2D eigenvalue weighted by Crippen LogP contribution is -2.37. The lowest BCUT2D eigenvalue weighted by atomic mass is 9.90. The minimum Gasteiger partial charge on any atom is -0.491 e. The topological polar surface area (TPSA) is 162 Å². The number of pyridine rings is 1. The van der Waals surface area contributed by atoms with Crippen LogP contribution in [0.1, 0.15) is 38.2 Å². The summed E-state index contributed by atoms with van der Waals surface area (Å²) in [6.45, 7) is 4.38. The van der Waals surface area contributed by atoms with E-state index in [9.17, 15) is 18.3 Å². The van der Waals surface area contributed by atoms with Crippen LogP contribution in [0.5, 0.6) is 5.75 Å². The highest BCUT2D eigenvalue weighted by molar-refractivity contribution is 7.89. The predicted octanol–water partition coefficient (Wildman–Crippen LogP) is 2.39. The molecule has 0 aliphatic carbocycles. The Hall–Kier alpha value is -3.29. The molecule has 3 heterocycles. The SMILES string of the molecule is CC(C)Oc1ccc(S(=O)(=O)N2CCC(c3cn(CC(=O)O)c4nc(N)ccc34)CC2)cc1.O=S=O. The fourth-order valence-corrected chi connectivity index (χ4v) is 5.79. The van der Waals surface area contributed by atoms with Crippen molar-refractivity contribution in [1.82, 2.24) is 13.9 Å². The average Bonchev–Trinajstić information content (AvgIpc) is 3.16. The molecule has 3 aromatic rings. The summed E-state index contributed by atoms with van der Waals surface area (Å²) in [5, 5.41) is 10.1. The van der Waals surface area contributed by atoms with Crippen molar-refractivity contribution in [2.45, 2.75) is 50.2 Å². The molecule has 36 heavy (non-hydrogen) atoms. The van der Waals surface area contributed by atoms with Gasteiger partial charge in [0.15, 0.2) is 0 Å². The summed E-state index contributed by atoms with van der Waals surface area (Å²) in [4.78, 5) is 15.9. The molecule has 1 aromatic carbocycles. The Morgan fingerprint density at radius 1 is 1.17 bits per heavy atom. The highest BCUT2D eigenvalue weighted by atomic mass is 32.2. The van der Waals surface area contributed by atoms with Gasteiger partial charge in [0, 0.05) is 24.7 Å². The third kappa shape index (κ3) is 6.28. The number of hydrogen-bond acceptors (Lipinski definition) is 8. The molecule has 0 saturated carbocycles. The summed E-state index contributed by atoms with van der Waals surface area (Å²) < 4.78 is 51.5. The first-order valence-corrected chi connectivity index (χ1v) is 13.3. The van der Waals surface area contributed by atoms with E-state index in [1.54, 1.807) is 34.9 Å². The Bertz CT molecular complexity index is 1360. The molecule has 1 aliphatic heterocycles. The second-order valence-corrected chi connectivity index (χ2v) is 10.7. The number of rotatable bonds is 7. The van der Waals surface area contributed by atoms with Gasteiger partial charge in [-0.25, -0.2) is 13.4 Å². The number of piperidine rings is 1. The van der Waals surface area contributed by atoms with Crippen molar-refractivity contribution in [3.05, 3.63) is 48.2 Å². The predicted molar refractivity (Wildman–Crippen MR) is 134 cm³/mol. The Kier molecular flexibility index (Phi) is 8.82. The zero-order valence-electron chi connectivity index (χ0n) is 19.9. The first-order chi connectivity index (χ1) is 17.1. The number of ether oxygens (including phenoxy) is 1. The standard InChI is InChI=1S/C23H28N4O5S.O2S/c1-15(2)32-17-3-5-18(6-4-17)33(30,31)27-11-9-16(10-12-27)20-13-26(14-22(28)29)23-19(20)7-8-21(24)25-23;1-3-2/h3-8,13,15-16H,9-12,14H2,1-2H3,(H2,24,25)(H,28,29);. The summed E-state index contributed by atoms with van der Waals surface area (Å²) in [6.07, 6.45) is 3.09. The highest BCUT2D eigenvalue weighted by Crippen LogP contribution is 2.36. The molecule has 3 N–H and O–H groups in total. The second kappa shape index (κ2) is 11.6. The van der Waals surface area contributed by atoms with Crippen molar-refractivity contribution in [3.63, 3.8) is 0 Å². The van der Waals surface area contributed by atoms with E-state index in [1.807, 2.05) is 26.1 Å². The number of fused-ring (bicyclic) bond motifs is 1. The van der Waals surface area contributed by atoms with E-state index >= 15 is 0 Å². The molecule has 0 radical (unpaired) electrons. The molecular formula is C23H28N4O7S2. The fraction of sp³-hybridized carbons (Fsp3) is 0.391. The van der Waals surface area contributed by atoms with E-state index in [-0.39, 0.29) is 23.5 Å². The molecule has 0 atom stereocenters. The molecule has 1 fully saturated rings. The van der Waals surface area contributed by atoms with Gasteiger partial charge in [-0.3, -0.25) is 4.79 Å². The molecule has 0 spiro atoms. The molecule has 0 amide bonds. The Balaban J connectivity index is 0.00000115. The lowest BCUT2D eigenvalue weighted by molar-refractivity contribution is -0.137. The van der Waals surface area contributed by atoms with E-state index in [1.165, 1.54) is 4.31 Å². The number of benzene rings is 1. The highest BCUT2D eigenvalue weighted by Gasteiger charge is 2.31. The van der Waals surface area contributed by atoms with E-state index in [2.05, 4.69) is 4.98 Å². The molecule has 1 saturated heterocycles. The first kappa shape index (κ1) is 27.3. The van der Waals surface area contributed by atoms with Crippen LogP contribution >= 0.6 is 0 Å². The molecule has 194 valence electrons. The quantitative estimate of drug-likeness (QED) is 0.462. The van der Waals surface area contributed by atoms with Crippen molar-refractivity contribution in [1.29, 1.82) is 0 Å². The average molecular weight is 537 g/mol. The number of nitrogen functional groups attached to an aromatic ring is 1. The van der Waals surface area contributed by atoms with Crippen LogP contribution in [0, 0.1) is 0 Å². The van der Waals surface area contributed by atoms with Crippen LogP contribution in [0.3, 0.4) is 0 Å². The molecule has 2 aromatic heterocycles. The molecular weight excluding hydrogens is 508 g/mol. The maximum absolute atomic E-state index is 13.1. The first-order valence-electron chi connectivity index (χ1n) is 11.2. The fourth-order valence-electron chi connectivity index (χ4n) is 4.32. The second-order valence-electron chi connectivity index (χ2n) is 8.60. The van der Waals surface area contributed by atoms with Gasteiger partial charge in [0.1, 0.15) is 23.8 Å². The van der Waals surface area contributed by atoms with Crippen molar-refractivity contribution in [2.75, 3.05) is 18.8 Å². The third-order valence-electron chi connectivity index (χ3n) is 5.81. The maximum atomic E-state index is 13.1. The van der Waals surface area contributed by atoms with Crippen molar-refractivity contribution < 1.29 is 31.5 Å². The molecule has 1 aliphatic rings. The van der Waals surface area contributed by atoms with Crippen LogP contribution in [0.2, 0.25) is 0 Å². The zero-order chi connectivity index (χ0) is 26.5. The Labute approximate surface area is 212 Å². The largest absolute Gasteiger partial charge is 0.491 e. The van der Waals surface area contributed by atoms with Crippen LogP contribution in [0.15, 0.2) is 47.5 Å². The normalized spacial score (nSPS) is 14.9. The molecule has 13 heteroatoms. The number of carbonyl (C=O) groups is 1. The van der Waals surface area contributed by atoms with Gasteiger partial charge in [-0.1, -0.05) is 0 Å². The molecule has 4 rings (SSSR count). The van der Waals surface area contributed by atoms with Crippen LogP contribution in [-0.2, 0) is 32.9 Å². The number of aromatic nitrogens is 2. The molecule has 0 unspecified atom stereocenters. The summed E-state index contributed by atoms with van der Waals surface area (Å²) in [5.41, 5.74) is 7.32. The third-order valence-corrected chi connectivity index (χ3v) is 7.72. The smallest absolute Gasteiger partial charge is 0.335 e. The van der Waals surface area contributed by atoms with Gasteiger partial charge >= 0.3 is 17.5 Å². The number of sulfonamides is 1. The molecule has 0 bridgehead atoms. The van der Waals surface area contributed by atoms with Gasteiger partial charge in [-0.2, -0.15) is 12.7 Å². The van der Waals surface area contributed by atoms with Crippen LogP contribution in [0.4, 0.5) is 5.82 Å². The van der Waals surface area contributed by atoms with E-state index in [0.717, 1.165) is 10.9 Å². The zero-order valence-corrected chi connectivity index (χ0v) is 21.5. The van der Waals surface area contributed by atoms with E-state index in [0.29, 0.717) is 43.1 Å². The van der Waals surface area contributed by atoms with Crippen molar-refractivity contribution in [3.8, 4) is 5.75 Å². The van der Waals surface area contributed by atoms with E-state index in [4.69, 9.17) is 18.9 Å². The number of nitrogens with two attached hydrogens (primary N) is 1. The number of carboxylic acid groups (broad SMARTS) is 1. The van der Waals surface area contributed by atoms with Gasteiger partial charge in [-0.15, -0.1) is 0 Å². The number of anilines is 1. The van der Waals surface area contributed by atoms with Gasteiger partial charge < -0.3 is 20.1 Å². The maximum Gasteiger partial charge on any atom is 0.335 e. The van der Waals surface area contributed by atoms with Crippen molar-refractivity contribution in [2.24, 2.45) is 0 Å². The summed E-state index contributed by atoms with van der Waals surface area (Å²) in [7, 11) is -3.61. The number of hydrogen-bond donors (Lipinski definition) is 2. The van der Waals surface area contributed by atoms with Gasteiger partial charge in [0.25, 0.3) is 0 Å². The van der Waals surface area contributed by atoms with Crippen LogP contribution in [0.25, 0.3) is 11.0 Å². The number of carboxylic acids is 1. The minimum absolute atomic E-state index is 0.0135. The summed E-state index contributed by atoms with van der Waals surface area (Å²) in [6, 6.07) is 10.1.